The minimum Gasteiger partial charge on any atom is -0.493 e. The van der Waals surface area contributed by atoms with E-state index >= 15 is 0 Å². The maximum Gasteiger partial charge on any atom is 0.196 e. The predicted molar refractivity (Wildman–Crippen MR) is 87.5 cm³/mol. The topological polar surface area (TPSA) is 46.5 Å². The van der Waals surface area contributed by atoms with Crippen LogP contribution < -0.4 is 4.74 Å². The van der Waals surface area contributed by atoms with Crippen molar-refractivity contribution in [2.75, 3.05) is 13.2 Å². The molecule has 3 heteroatoms. The van der Waals surface area contributed by atoms with Gasteiger partial charge in [-0.25, -0.2) is 0 Å². The van der Waals surface area contributed by atoms with Crippen molar-refractivity contribution in [2.24, 2.45) is 0 Å². The third kappa shape index (κ3) is 4.18. The number of carbonyl (C=O) groups is 1. The molecular formula is C19H22O3. The lowest BCUT2D eigenvalue weighted by molar-refractivity contribution is 0.103. The first-order valence-electron chi connectivity index (χ1n) is 7.72. The van der Waals surface area contributed by atoms with Crippen molar-refractivity contribution in [3.63, 3.8) is 0 Å². The molecule has 0 aliphatic rings. The Morgan fingerprint density at radius 2 is 1.86 bits per heavy atom. The van der Waals surface area contributed by atoms with Crippen molar-refractivity contribution < 1.29 is 14.6 Å². The molecular weight excluding hydrogens is 276 g/mol. The number of unbranched alkanes of at least 4 members (excludes halogenated alkanes) is 1. The highest BCUT2D eigenvalue weighted by Gasteiger charge is 2.15. The second-order valence-corrected chi connectivity index (χ2v) is 5.16. The molecule has 0 amide bonds. The molecule has 0 unspecified atom stereocenters. The van der Waals surface area contributed by atoms with Crippen molar-refractivity contribution in [1.29, 1.82) is 0 Å². The Labute approximate surface area is 131 Å². The molecule has 0 spiro atoms. The van der Waals surface area contributed by atoms with Crippen molar-refractivity contribution in [3.8, 4) is 5.75 Å². The molecule has 2 rings (SSSR count). The van der Waals surface area contributed by atoms with E-state index in [1.807, 2.05) is 48.5 Å². The number of benzene rings is 2. The van der Waals surface area contributed by atoms with Crippen LogP contribution in [0.1, 0.15) is 41.3 Å². The van der Waals surface area contributed by atoms with Crippen LogP contribution in [0.4, 0.5) is 0 Å². The van der Waals surface area contributed by atoms with Gasteiger partial charge in [0.1, 0.15) is 5.75 Å². The minimum absolute atomic E-state index is 0.0203. The Morgan fingerprint density at radius 3 is 2.55 bits per heavy atom. The molecule has 2 aromatic rings. The van der Waals surface area contributed by atoms with Gasteiger partial charge in [0.25, 0.3) is 0 Å². The average molecular weight is 298 g/mol. The van der Waals surface area contributed by atoms with Gasteiger partial charge in [-0.3, -0.25) is 4.79 Å². The molecule has 0 saturated carbocycles. The molecule has 0 aliphatic carbocycles. The Balaban J connectivity index is 2.24. The number of aliphatic hydroxyl groups excluding tert-OH is 1. The van der Waals surface area contributed by atoms with Gasteiger partial charge < -0.3 is 9.84 Å². The van der Waals surface area contributed by atoms with E-state index in [9.17, 15) is 4.79 Å². The Hall–Kier alpha value is -2.13. The lowest BCUT2D eigenvalue weighted by atomic mass is 9.99. The first kappa shape index (κ1) is 16.2. The van der Waals surface area contributed by atoms with Crippen LogP contribution in [0, 0.1) is 0 Å². The number of aliphatic hydroxyl groups is 1. The van der Waals surface area contributed by atoms with Crippen LogP contribution in [0.2, 0.25) is 0 Å². The zero-order valence-corrected chi connectivity index (χ0v) is 12.9. The summed E-state index contributed by atoms with van der Waals surface area (Å²) < 4.78 is 5.75. The van der Waals surface area contributed by atoms with Crippen LogP contribution in [0.15, 0.2) is 48.5 Å². The zero-order valence-electron chi connectivity index (χ0n) is 12.9. The van der Waals surface area contributed by atoms with Crippen molar-refractivity contribution >= 4 is 5.78 Å². The smallest absolute Gasteiger partial charge is 0.196 e. The zero-order chi connectivity index (χ0) is 15.8. The molecule has 0 atom stereocenters. The maximum absolute atomic E-state index is 12.7. The van der Waals surface area contributed by atoms with Crippen molar-refractivity contribution in [3.05, 3.63) is 65.2 Å². The van der Waals surface area contributed by atoms with Crippen molar-refractivity contribution in [2.45, 2.75) is 26.2 Å². The summed E-state index contributed by atoms with van der Waals surface area (Å²) in [6.45, 7) is 2.73. The van der Waals surface area contributed by atoms with Gasteiger partial charge in [-0.1, -0.05) is 43.3 Å². The van der Waals surface area contributed by atoms with E-state index in [2.05, 4.69) is 6.92 Å². The van der Waals surface area contributed by atoms with Crippen molar-refractivity contribution in [1.82, 2.24) is 0 Å². The van der Waals surface area contributed by atoms with E-state index in [-0.39, 0.29) is 12.4 Å². The lowest BCUT2D eigenvalue weighted by Gasteiger charge is -2.12. The highest BCUT2D eigenvalue weighted by Crippen LogP contribution is 2.24. The number of carbonyl (C=O) groups excluding carboxylic acids is 1. The summed E-state index contributed by atoms with van der Waals surface area (Å²) in [7, 11) is 0. The summed E-state index contributed by atoms with van der Waals surface area (Å²) in [4.78, 5) is 12.7. The van der Waals surface area contributed by atoms with Gasteiger partial charge >= 0.3 is 0 Å². The number of aryl methyl sites for hydroxylation is 1. The van der Waals surface area contributed by atoms with Gasteiger partial charge in [-0.2, -0.15) is 0 Å². The predicted octanol–water partition coefficient (Wildman–Crippen LogP) is 3.63. The van der Waals surface area contributed by atoms with Crippen LogP contribution in [0.25, 0.3) is 0 Å². The largest absolute Gasteiger partial charge is 0.493 e. The summed E-state index contributed by atoms with van der Waals surface area (Å²) in [6, 6.07) is 15.0. The Kier molecular flexibility index (Phi) is 6.16. The van der Waals surface area contributed by atoms with Crippen LogP contribution in [-0.4, -0.2) is 24.1 Å². The monoisotopic (exact) mass is 298 g/mol. The van der Waals surface area contributed by atoms with Gasteiger partial charge in [-0.05, 0) is 37.0 Å². The quantitative estimate of drug-likeness (QED) is 0.598. The molecule has 0 saturated heterocycles. The number of ketones is 1. The standard InChI is InChI=1S/C19H22O3/c1-2-15-10-11-18(22-13-7-6-12-20)17(14-15)19(21)16-8-4-3-5-9-16/h3-5,8-11,14,20H,2,6-7,12-13H2,1H3. The van der Waals surface area contributed by atoms with E-state index in [1.165, 1.54) is 0 Å². The van der Waals surface area contributed by atoms with E-state index < -0.39 is 0 Å². The number of rotatable bonds is 8. The fourth-order valence-electron chi connectivity index (χ4n) is 2.24. The maximum atomic E-state index is 12.7. The SMILES string of the molecule is CCc1ccc(OCCCCO)c(C(=O)c2ccccc2)c1. The molecule has 0 aliphatic heterocycles. The van der Waals surface area contributed by atoms with Gasteiger partial charge in [0.2, 0.25) is 0 Å². The number of hydrogen-bond acceptors (Lipinski definition) is 3. The van der Waals surface area contributed by atoms with Gasteiger partial charge in [0.15, 0.2) is 5.78 Å². The minimum atomic E-state index is -0.0203. The van der Waals surface area contributed by atoms with Gasteiger partial charge in [0, 0.05) is 12.2 Å². The van der Waals surface area contributed by atoms with Crippen LogP contribution in [0.5, 0.6) is 5.75 Å². The summed E-state index contributed by atoms with van der Waals surface area (Å²) in [6.07, 6.45) is 2.35. The number of ether oxygens (including phenoxy) is 1. The van der Waals surface area contributed by atoms with E-state index in [0.717, 1.165) is 18.4 Å². The Morgan fingerprint density at radius 1 is 1.09 bits per heavy atom. The molecule has 0 heterocycles. The summed E-state index contributed by atoms with van der Waals surface area (Å²) in [5.74, 6) is 0.594. The molecule has 0 bridgehead atoms. The van der Waals surface area contributed by atoms with E-state index in [4.69, 9.17) is 9.84 Å². The lowest BCUT2D eigenvalue weighted by Crippen LogP contribution is -2.07. The summed E-state index contributed by atoms with van der Waals surface area (Å²) >= 11 is 0. The molecule has 0 aromatic heterocycles. The highest BCUT2D eigenvalue weighted by molar-refractivity contribution is 6.10. The summed E-state index contributed by atoms with van der Waals surface area (Å²) in [5.41, 5.74) is 2.38. The average Bonchev–Trinajstić information content (AvgIpc) is 2.59. The second kappa shape index (κ2) is 8.35. The molecule has 0 radical (unpaired) electrons. The van der Waals surface area contributed by atoms with Gasteiger partial charge in [-0.15, -0.1) is 0 Å². The molecule has 3 nitrogen and oxygen atoms in total. The van der Waals surface area contributed by atoms with Gasteiger partial charge in [0.05, 0.1) is 12.2 Å². The fraction of sp³-hybridized carbons (Fsp3) is 0.316. The van der Waals surface area contributed by atoms with Crippen LogP contribution in [-0.2, 0) is 6.42 Å². The number of hydrogen-bond donors (Lipinski definition) is 1. The normalized spacial score (nSPS) is 10.5. The highest BCUT2D eigenvalue weighted by atomic mass is 16.5. The molecule has 2 aromatic carbocycles. The van der Waals surface area contributed by atoms with E-state index in [0.29, 0.717) is 29.9 Å². The molecule has 22 heavy (non-hydrogen) atoms. The van der Waals surface area contributed by atoms with E-state index in [1.54, 1.807) is 0 Å². The first-order valence-corrected chi connectivity index (χ1v) is 7.72. The first-order chi connectivity index (χ1) is 10.8. The third-order valence-electron chi connectivity index (χ3n) is 3.54. The summed E-state index contributed by atoms with van der Waals surface area (Å²) in [5, 5.41) is 8.81. The second-order valence-electron chi connectivity index (χ2n) is 5.16. The van der Waals surface area contributed by atoms with Crippen LogP contribution in [0.3, 0.4) is 0 Å². The van der Waals surface area contributed by atoms with Crippen LogP contribution >= 0.6 is 0 Å². The Bertz CT molecular complexity index is 605. The molecule has 1 N–H and O–H groups in total. The third-order valence-corrected chi connectivity index (χ3v) is 3.54. The molecule has 0 fully saturated rings. The fourth-order valence-corrected chi connectivity index (χ4v) is 2.24. The molecule has 116 valence electrons.